The molecule has 0 saturated heterocycles. The van der Waals surface area contributed by atoms with Crippen LogP contribution in [0.4, 0.5) is 0 Å². The average Bonchev–Trinajstić information content (AvgIpc) is 2.35. The maximum absolute atomic E-state index is 11.0. The van der Waals surface area contributed by atoms with E-state index in [-0.39, 0.29) is 22.9 Å². The lowest BCUT2D eigenvalue weighted by Gasteiger charge is -2.37. The Balaban J connectivity index is 2.27. The van der Waals surface area contributed by atoms with Crippen molar-refractivity contribution < 1.29 is 9.53 Å². The van der Waals surface area contributed by atoms with Crippen molar-refractivity contribution in [1.29, 1.82) is 0 Å². The Hall–Kier alpha value is -0.790. The number of allylic oxidation sites excluding steroid dienone is 1. The summed E-state index contributed by atoms with van der Waals surface area (Å²) in [5, 5.41) is 0. The minimum absolute atomic E-state index is 0.0311. The molecule has 0 aromatic rings. The number of rotatable bonds is 1. The van der Waals surface area contributed by atoms with Crippen LogP contribution in [0.3, 0.4) is 0 Å². The van der Waals surface area contributed by atoms with Gasteiger partial charge in [0.05, 0.1) is 0 Å². The monoisotopic (exact) mass is 194 g/mol. The van der Waals surface area contributed by atoms with Crippen LogP contribution >= 0.6 is 0 Å². The van der Waals surface area contributed by atoms with Gasteiger partial charge >= 0.3 is 5.97 Å². The number of fused-ring (bicyclic) bond motifs is 2. The van der Waals surface area contributed by atoms with Gasteiger partial charge in [0.2, 0.25) is 0 Å². The normalized spacial score (nSPS) is 42.9. The Morgan fingerprint density at radius 1 is 1.43 bits per heavy atom. The first kappa shape index (κ1) is 9.75. The number of ether oxygens (including phenoxy) is 1. The third-order valence-electron chi connectivity index (χ3n) is 4.44. The van der Waals surface area contributed by atoms with Gasteiger partial charge in [-0.1, -0.05) is 32.9 Å². The van der Waals surface area contributed by atoms with Gasteiger partial charge in [0.25, 0.3) is 0 Å². The lowest BCUT2D eigenvalue weighted by molar-refractivity contribution is -0.151. The molecular weight excluding hydrogens is 176 g/mol. The minimum Gasteiger partial charge on any atom is -0.462 e. The molecule has 0 spiro atoms. The summed E-state index contributed by atoms with van der Waals surface area (Å²) in [6.45, 7) is 8.22. The lowest BCUT2D eigenvalue weighted by Crippen LogP contribution is -2.37. The Morgan fingerprint density at radius 3 is 2.43 bits per heavy atom. The molecule has 14 heavy (non-hydrogen) atoms. The second-order valence-electron chi connectivity index (χ2n) is 5.30. The van der Waals surface area contributed by atoms with Crippen molar-refractivity contribution in [3.8, 4) is 0 Å². The molecule has 0 amide bonds. The highest BCUT2D eigenvalue weighted by atomic mass is 16.5. The van der Waals surface area contributed by atoms with E-state index in [2.05, 4.69) is 32.9 Å². The molecule has 2 aliphatic rings. The molecule has 1 saturated carbocycles. The van der Waals surface area contributed by atoms with Gasteiger partial charge in [-0.15, -0.1) is 0 Å². The van der Waals surface area contributed by atoms with E-state index in [0.29, 0.717) is 5.92 Å². The Labute approximate surface area is 85.3 Å². The maximum Gasteiger partial charge on any atom is 0.302 e. The van der Waals surface area contributed by atoms with Gasteiger partial charge in [0, 0.05) is 12.3 Å². The fourth-order valence-electron chi connectivity index (χ4n) is 2.91. The smallest absolute Gasteiger partial charge is 0.302 e. The molecule has 0 aromatic carbocycles. The van der Waals surface area contributed by atoms with E-state index in [1.165, 1.54) is 6.92 Å². The van der Waals surface area contributed by atoms with Crippen molar-refractivity contribution in [1.82, 2.24) is 0 Å². The molecular formula is C12H18O2. The molecule has 0 aromatic heterocycles. The van der Waals surface area contributed by atoms with E-state index in [4.69, 9.17) is 4.74 Å². The molecule has 1 fully saturated rings. The second-order valence-corrected chi connectivity index (χ2v) is 5.30. The fourth-order valence-corrected chi connectivity index (χ4v) is 2.91. The topological polar surface area (TPSA) is 26.3 Å². The van der Waals surface area contributed by atoms with Crippen LogP contribution in [0.15, 0.2) is 12.2 Å². The highest BCUT2D eigenvalue weighted by Gasteiger charge is 2.60. The molecule has 78 valence electrons. The van der Waals surface area contributed by atoms with E-state index >= 15 is 0 Å². The maximum atomic E-state index is 11.0. The number of hydrogen-bond acceptors (Lipinski definition) is 2. The minimum atomic E-state index is -0.159. The third-order valence-corrected chi connectivity index (χ3v) is 4.44. The number of hydrogen-bond donors (Lipinski definition) is 0. The van der Waals surface area contributed by atoms with Gasteiger partial charge in [-0.2, -0.15) is 0 Å². The quantitative estimate of drug-likeness (QED) is 0.473. The van der Waals surface area contributed by atoms with Crippen molar-refractivity contribution in [2.24, 2.45) is 16.7 Å². The highest BCUT2D eigenvalue weighted by Crippen LogP contribution is 2.62. The van der Waals surface area contributed by atoms with Crippen LogP contribution in [-0.2, 0) is 9.53 Å². The summed E-state index contributed by atoms with van der Waals surface area (Å²) in [6, 6.07) is 0. The van der Waals surface area contributed by atoms with Crippen molar-refractivity contribution in [3.05, 3.63) is 12.2 Å². The van der Waals surface area contributed by atoms with Gasteiger partial charge in [0.15, 0.2) is 0 Å². The predicted molar refractivity (Wildman–Crippen MR) is 54.7 cm³/mol. The fraction of sp³-hybridized carbons (Fsp3) is 0.750. The summed E-state index contributed by atoms with van der Waals surface area (Å²) in [7, 11) is 0. The van der Waals surface area contributed by atoms with Gasteiger partial charge in [-0.25, -0.2) is 0 Å². The van der Waals surface area contributed by atoms with Gasteiger partial charge in [0.1, 0.15) is 6.10 Å². The van der Waals surface area contributed by atoms with Crippen LogP contribution in [0.25, 0.3) is 0 Å². The zero-order chi connectivity index (χ0) is 10.6. The molecule has 2 bridgehead atoms. The summed E-state index contributed by atoms with van der Waals surface area (Å²) in [5.74, 6) is 0.407. The molecule has 3 atom stereocenters. The predicted octanol–water partition coefficient (Wildman–Crippen LogP) is 2.54. The van der Waals surface area contributed by atoms with Crippen molar-refractivity contribution in [3.63, 3.8) is 0 Å². The average molecular weight is 194 g/mol. The highest BCUT2D eigenvalue weighted by molar-refractivity contribution is 5.66. The molecule has 0 aliphatic heterocycles. The molecule has 2 nitrogen and oxygen atoms in total. The van der Waals surface area contributed by atoms with Crippen LogP contribution in [0.1, 0.15) is 34.1 Å². The standard InChI is InChI=1S/C12H18O2/c1-8(13)14-10-7-9-5-6-12(10,4)11(9,2)3/h5-6,9-10H,7H2,1-4H3. The molecule has 3 unspecified atom stereocenters. The van der Waals surface area contributed by atoms with Crippen molar-refractivity contribution in [2.75, 3.05) is 0 Å². The molecule has 0 heterocycles. The van der Waals surface area contributed by atoms with E-state index in [1.54, 1.807) is 0 Å². The Bertz CT molecular complexity index is 303. The van der Waals surface area contributed by atoms with Crippen LogP contribution in [0, 0.1) is 16.7 Å². The first-order valence-corrected chi connectivity index (χ1v) is 5.24. The van der Waals surface area contributed by atoms with E-state index in [1.807, 2.05) is 0 Å². The van der Waals surface area contributed by atoms with E-state index in [0.717, 1.165) is 6.42 Å². The van der Waals surface area contributed by atoms with Crippen LogP contribution in [0.5, 0.6) is 0 Å². The summed E-state index contributed by atoms with van der Waals surface area (Å²) in [5.41, 5.74) is 0.260. The number of carbonyl (C=O) groups is 1. The lowest BCUT2D eigenvalue weighted by atomic mass is 9.70. The summed E-state index contributed by atoms with van der Waals surface area (Å²) in [4.78, 5) is 11.0. The summed E-state index contributed by atoms with van der Waals surface area (Å²) < 4.78 is 5.39. The van der Waals surface area contributed by atoms with E-state index < -0.39 is 0 Å². The van der Waals surface area contributed by atoms with Gasteiger partial charge in [-0.05, 0) is 17.8 Å². The number of carbonyl (C=O) groups excluding carboxylic acids is 1. The molecule has 0 N–H and O–H groups in total. The van der Waals surface area contributed by atoms with E-state index in [9.17, 15) is 4.79 Å². The SMILES string of the molecule is CC(=O)OC1CC2C=CC1(C)C2(C)C. The van der Waals surface area contributed by atoms with Crippen LogP contribution in [0.2, 0.25) is 0 Å². The van der Waals surface area contributed by atoms with Crippen LogP contribution in [-0.4, -0.2) is 12.1 Å². The molecule has 2 aliphatic carbocycles. The molecule has 2 heteroatoms. The summed E-state index contributed by atoms with van der Waals surface area (Å²) in [6.07, 6.45) is 5.57. The molecule has 2 rings (SSSR count). The molecule has 0 radical (unpaired) electrons. The zero-order valence-corrected chi connectivity index (χ0v) is 9.33. The number of esters is 1. The first-order valence-electron chi connectivity index (χ1n) is 5.24. The Kier molecular flexibility index (Phi) is 1.82. The van der Waals surface area contributed by atoms with Crippen LogP contribution < -0.4 is 0 Å². The zero-order valence-electron chi connectivity index (χ0n) is 9.33. The third kappa shape index (κ3) is 0.999. The Morgan fingerprint density at radius 2 is 2.07 bits per heavy atom. The van der Waals surface area contributed by atoms with Crippen molar-refractivity contribution in [2.45, 2.75) is 40.2 Å². The van der Waals surface area contributed by atoms with Gasteiger partial charge < -0.3 is 4.74 Å². The second kappa shape index (κ2) is 2.62. The van der Waals surface area contributed by atoms with Crippen molar-refractivity contribution >= 4 is 5.97 Å². The largest absolute Gasteiger partial charge is 0.462 e. The first-order chi connectivity index (χ1) is 6.38. The van der Waals surface area contributed by atoms with Gasteiger partial charge in [-0.3, -0.25) is 4.79 Å². The summed E-state index contributed by atoms with van der Waals surface area (Å²) >= 11 is 0.